The van der Waals surface area contributed by atoms with E-state index in [2.05, 4.69) is 16.1 Å². The minimum absolute atomic E-state index is 0.265. The predicted octanol–water partition coefficient (Wildman–Crippen LogP) is 3.00. The molecule has 9 heteroatoms. The summed E-state index contributed by atoms with van der Waals surface area (Å²) in [6.45, 7) is 1.11. The SMILES string of the molecule is CN(C)Cc1ccccc1-c1ccc(N2CCc3cnn(-c4cccc(C(N)=O)c4)c3C2=O)c(C(N)=O)c1. The van der Waals surface area contributed by atoms with Crippen LogP contribution in [0.25, 0.3) is 16.8 Å². The number of fused-ring (bicyclic) bond motifs is 1. The van der Waals surface area contributed by atoms with Crippen LogP contribution in [0.1, 0.15) is 42.3 Å². The Morgan fingerprint density at radius 2 is 1.76 bits per heavy atom. The van der Waals surface area contributed by atoms with Crippen LogP contribution in [0.15, 0.2) is 72.9 Å². The van der Waals surface area contributed by atoms with Gasteiger partial charge in [-0.2, -0.15) is 5.10 Å². The lowest BCUT2D eigenvalue weighted by Crippen LogP contribution is -2.39. The van der Waals surface area contributed by atoms with E-state index in [1.54, 1.807) is 47.5 Å². The molecule has 192 valence electrons. The summed E-state index contributed by atoms with van der Waals surface area (Å²) in [4.78, 5) is 41.8. The van der Waals surface area contributed by atoms with Crippen molar-refractivity contribution in [1.29, 1.82) is 0 Å². The highest BCUT2D eigenvalue weighted by Gasteiger charge is 2.32. The Morgan fingerprint density at radius 3 is 2.50 bits per heavy atom. The van der Waals surface area contributed by atoms with E-state index in [1.165, 1.54) is 4.68 Å². The van der Waals surface area contributed by atoms with Crippen molar-refractivity contribution in [3.05, 3.63) is 101 Å². The van der Waals surface area contributed by atoms with Gasteiger partial charge in [-0.15, -0.1) is 0 Å². The predicted molar refractivity (Wildman–Crippen MR) is 145 cm³/mol. The maximum absolute atomic E-state index is 13.8. The van der Waals surface area contributed by atoms with Crippen LogP contribution in [0.4, 0.5) is 5.69 Å². The fourth-order valence-corrected chi connectivity index (χ4v) is 4.89. The molecule has 0 atom stereocenters. The van der Waals surface area contributed by atoms with Crippen molar-refractivity contribution in [3.63, 3.8) is 0 Å². The van der Waals surface area contributed by atoms with Crippen LogP contribution >= 0.6 is 0 Å². The molecule has 0 spiro atoms. The van der Waals surface area contributed by atoms with Crippen LogP contribution in [0.5, 0.6) is 0 Å². The number of rotatable bonds is 7. The Labute approximate surface area is 220 Å². The molecule has 4 N–H and O–H groups in total. The summed E-state index contributed by atoms with van der Waals surface area (Å²) < 4.78 is 1.51. The topological polar surface area (TPSA) is 128 Å². The lowest BCUT2D eigenvalue weighted by atomic mass is 9.96. The summed E-state index contributed by atoms with van der Waals surface area (Å²) in [6, 6.07) is 20.1. The molecule has 9 nitrogen and oxygen atoms in total. The highest BCUT2D eigenvalue weighted by molar-refractivity contribution is 6.11. The third-order valence-electron chi connectivity index (χ3n) is 6.64. The largest absolute Gasteiger partial charge is 0.366 e. The van der Waals surface area contributed by atoms with Gasteiger partial charge < -0.3 is 21.3 Å². The fourth-order valence-electron chi connectivity index (χ4n) is 4.89. The summed E-state index contributed by atoms with van der Waals surface area (Å²) in [6.07, 6.45) is 2.20. The van der Waals surface area contributed by atoms with Crippen molar-refractivity contribution < 1.29 is 14.4 Å². The summed E-state index contributed by atoms with van der Waals surface area (Å²) in [5.74, 6) is -1.50. The average Bonchev–Trinajstić information content (AvgIpc) is 3.34. The number of primary amides is 2. The van der Waals surface area contributed by atoms with E-state index in [1.807, 2.05) is 38.4 Å². The summed E-state index contributed by atoms with van der Waals surface area (Å²) in [5.41, 5.74) is 16.9. The Morgan fingerprint density at radius 1 is 0.974 bits per heavy atom. The number of carbonyl (C=O) groups is 3. The van der Waals surface area contributed by atoms with E-state index in [-0.39, 0.29) is 11.5 Å². The molecule has 5 rings (SSSR count). The maximum Gasteiger partial charge on any atom is 0.277 e. The standard InChI is InChI=1S/C29H28N6O3/c1-33(2)17-21-6-3-4-9-23(21)18-10-11-25(24(15-18)28(31)37)34-13-12-20-16-32-35(26(20)29(34)38)22-8-5-7-19(14-22)27(30)36/h3-11,14-16H,12-13,17H2,1-2H3,(H2,30,36)(H2,31,37). The lowest BCUT2D eigenvalue weighted by Gasteiger charge is -2.29. The van der Waals surface area contributed by atoms with Gasteiger partial charge in [-0.3, -0.25) is 14.4 Å². The van der Waals surface area contributed by atoms with E-state index in [0.717, 1.165) is 28.8 Å². The molecule has 0 radical (unpaired) electrons. The minimum atomic E-state index is -0.617. The van der Waals surface area contributed by atoms with E-state index in [0.29, 0.717) is 35.6 Å². The first-order valence-electron chi connectivity index (χ1n) is 12.2. The molecule has 2 heterocycles. The van der Waals surface area contributed by atoms with Gasteiger partial charge in [0.1, 0.15) is 5.69 Å². The van der Waals surface area contributed by atoms with Crippen LogP contribution in [0.2, 0.25) is 0 Å². The fraction of sp³-hybridized carbons (Fsp3) is 0.172. The van der Waals surface area contributed by atoms with Gasteiger partial charge in [0.05, 0.1) is 23.1 Å². The Balaban J connectivity index is 1.55. The Kier molecular flexibility index (Phi) is 6.52. The van der Waals surface area contributed by atoms with Crippen molar-refractivity contribution in [2.24, 2.45) is 11.5 Å². The van der Waals surface area contributed by atoms with E-state index in [4.69, 9.17) is 11.5 Å². The molecule has 0 aliphatic carbocycles. The Hall–Kier alpha value is -4.76. The monoisotopic (exact) mass is 508 g/mol. The number of carbonyl (C=O) groups excluding carboxylic acids is 3. The van der Waals surface area contributed by atoms with Crippen molar-refractivity contribution >= 4 is 23.4 Å². The average molecular weight is 509 g/mol. The van der Waals surface area contributed by atoms with Gasteiger partial charge in [0.15, 0.2) is 0 Å². The smallest absolute Gasteiger partial charge is 0.277 e. The quantitative estimate of drug-likeness (QED) is 0.397. The Bertz CT molecular complexity index is 1570. The number of hydrogen-bond acceptors (Lipinski definition) is 5. The highest BCUT2D eigenvalue weighted by atomic mass is 16.2. The van der Waals surface area contributed by atoms with Gasteiger partial charge in [0, 0.05) is 24.2 Å². The molecule has 1 aromatic heterocycles. The molecule has 1 aliphatic rings. The van der Waals surface area contributed by atoms with Gasteiger partial charge in [-0.05, 0) is 67.5 Å². The van der Waals surface area contributed by atoms with Crippen molar-refractivity contribution in [3.8, 4) is 16.8 Å². The summed E-state index contributed by atoms with van der Waals surface area (Å²) in [7, 11) is 4.00. The zero-order chi connectivity index (χ0) is 27.0. The molecular formula is C29H28N6O3. The first kappa shape index (κ1) is 24.9. The number of amides is 3. The number of anilines is 1. The van der Waals surface area contributed by atoms with Gasteiger partial charge in [-0.25, -0.2) is 4.68 Å². The van der Waals surface area contributed by atoms with Gasteiger partial charge >= 0.3 is 0 Å². The zero-order valence-corrected chi connectivity index (χ0v) is 21.2. The van der Waals surface area contributed by atoms with E-state index < -0.39 is 11.8 Å². The normalized spacial score (nSPS) is 13.0. The summed E-state index contributed by atoms with van der Waals surface area (Å²) >= 11 is 0. The molecule has 1 aliphatic heterocycles. The third-order valence-corrected chi connectivity index (χ3v) is 6.64. The lowest BCUT2D eigenvalue weighted by molar-refractivity contribution is 0.0970. The van der Waals surface area contributed by atoms with Crippen LogP contribution in [0.3, 0.4) is 0 Å². The van der Waals surface area contributed by atoms with E-state index in [9.17, 15) is 14.4 Å². The minimum Gasteiger partial charge on any atom is -0.366 e. The molecular weight excluding hydrogens is 480 g/mol. The van der Waals surface area contributed by atoms with Gasteiger partial charge in [0.2, 0.25) is 5.91 Å². The molecule has 0 saturated carbocycles. The number of benzene rings is 3. The second-order valence-electron chi connectivity index (χ2n) is 9.54. The number of hydrogen-bond donors (Lipinski definition) is 2. The van der Waals surface area contributed by atoms with E-state index >= 15 is 0 Å². The van der Waals surface area contributed by atoms with Crippen LogP contribution in [-0.2, 0) is 13.0 Å². The maximum atomic E-state index is 13.8. The van der Waals surface area contributed by atoms with Crippen LogP contribution in [-0.4, -0.2) is 53.0 Å². The van der Waals surface area contributed by atoms with Crippen molar-refractivity contribution in [2.45, 2.75) is 13.0 Å². The number of nitrogens with zero attached hydrogens (tertiary/aromatic N) is 4. The molecule has 3 aromatic carbocycles. The first-order valence-corrected chi connectivity index (χ1v) is 12.2. The molecule has 0 saturated heterocycles. The number of aromatic nitrogens is 2. The molecule has 0 bridgehead atoms. The number of nitrogens with two attached hydrogens (primary N) is 2. The highest BCUT2D eigenvalue weighted by Crippen LogP contribution is 2.33. The van der Waals surface area contributed by atoms with Crippen LogP contribution in [0, 0.1) is 0 Å². The molecule has 38 heavy (non-hydrogen) atoms. The molecule has 3 amide bonds. The van der Waals surface area contributed by atoms with Gasteiger partial charge in [-0.1, -0.05) is 36.4 Å². The van der Waals surface area contributed by atoms with Crippen molar-refractivity contribution in [2.75, 3.05) is 25.5 Å². The first-order chi connectivity index (χ1) is 18.2. The molecule has 0 unspecified atom stereocenters. The molecule has 0 fully saturated rings. The third kappa shape index (κ3) is 4.55. The zero-order valence-electron chi connectivity index (χ0n) is 21.2. The summed E-state index contributed by atoms with van der Waals surface area (Å²) in [5, 5.41) is 4.41. The van der Waals surface area contributed by atoms with Crippen molar-refractivity contribution in [1.82, 2.24) is 14.7 Å². The van der Waals surface area contributed by atoms with Gasteiger partial charge in [0.25, 0.3) is 11.8 Å². The molecule has 4 aromatic rings. The van der Waals surface area contributed by atoms with Crippen LogP contribution < -0.4 is 16.4 Å². The second-order valence-corrected chi connectivity index (χ2v) is 9.54. The second kappa shape index (κ2) is 9.95.